The minimum absolute atomic E-state index is 0.152. The molecule has 33 heavy (non-hydrogen) atoms. The lowest BCUT2D eigenvalue weighted by Crippen LogP contribution is -2.19. The third-order valence-electron chi connectivity index (χ3n) is 5.57. The van der Waals surface area contributed by atoms with Gasteiger partial charge in [-0.15, -0.1) is 0 Å². The molecule has 2 aromatic heterocycles. The van der Waals surface area contributed by atoms with Crippen molar-refractivity contribution >= 4 is 16.7 Å². The average Bonchev–Trinajstić information content (AvgIpc) is 2.88. The fourth-order valence-electron chi connectivity index (χ4n) is 3.93. The molecule has 162 valence electrons. The summed E-state index contributed by atoms with van der Waals surface area (Å²) in [7, 11) is 0. The summed E-state index contributed by atoms with van der Waals surface area (Å²) in [4.78, 5) is 7.63. The maximum atomic E-state index is 11.2. The molecule has 3 aromatic carbocycles. The van der Waals surface area contributed by atoms with Crippen molar-refractivity contribution < 1.29 is 14.8 Å². The normalized spacial score (nSPS) is 11.8. The molecule has 0 fully saturated rings. The van der Waals surface area contributed by atoms with Crippen molar-refractivity contribution in [3.05, 3.63) is 126 Å². The molecule has 0 bridgehead atoms. The topological polar surface area (TPSA) is 68.5 Å². The highest BCUT2D eigenvalue weighted by Gasteiger charge is 2.27. The van der Waals surface area contributed by atoms with E-state index in [0.29, 0.717) is 17.7 Å². The molecule has 3 N–H and O–H groups in total. The summed E-state index contributed by atoms with van der Waals surface area (Å²) in [6, 6.07) is 31.2. The van der Waals surface area contributed by atoms with Gasteiger partial charge >= 0.3 is 0 Å². The first kappa shape index (κ1) is 20.5. The molecule has 0 amide bonds. The van der Waals surface area contributed by atoms with Crippen LogP contribution in [0.2, 0.25) is 0 Å². The van der Waals surface area contributed by atoms with Gasteiger partial charge in [-0.25, -0.2) is 4.98 Å². The second kappa shape index (κ2) is 9.40. The van der Waals surface area contributed by atoms with Gasteiger partial charge in [-0.3, -0.25) is 10.3 Å². The number of pyridine rings is 2. The predicted octanol–water partition coefficient (Wildman–Crippen LogP) is 5.54. The van der Waals surface area contributed by atoms with Gasteiger partial charge in [0.1, 0.15) is 23.6 Å². The quantitative estimate of drug-likeness (QED) is 0.353. The lowest BCUT2D eigenvalue weighted by Gasteiger charge is -2.20. The summed E-state index contributed by atoms with van der Waals surface area (Å²) >= 11 is 0. The molecule has 2 heterocycles. The number of nitrogens with zero attached hydrogens (tertiary/aromatic N) is 1. The number of phenols is 1. The van der Waals surface area contributed by atoms with Crippen molar-refractivity contribution in [2.24, 2.45) is 0 Å². The Balaban J connectivity index is 1.58. The van der Waals surface area contributed by atoms with Crippen LogP contribution in [0.25, 0.3) is 10.9 Å². The van der Waals surface area contributed by atoms with Gasteiger partial charge in [0.2, 0.25) is 0 Å². The van der Waals surface area contributed by atoms with Crippen LogP contribution in [-0.4, -0.2) is 10.1 Å². The van der Waals surface area contributed by atoms with Crippen LogP contribution in [0.15, 0.2) is 109 Å². The van der Waals surface area contributed by atoms with E-state index in [1.54, 1.807) is 6.20 Å². The van der Waals surface area contributed by atoms with E-state index in [9.17, 15) is 5.11 Å². The van der Waals surface area contributed by atoms with E-state index < -0.39 is 0 Å². The number of aromatic nitrogens is 2. The monoisotopic (exact) mass is 434 g/mol. The number of aromatic amines is 1. The van der Waals surface area contributed by atoms with E-state index in [1.165, 1.54) is 0 Å². The van der Waals surface area contributed by atoms with Crippen molar-refractivity contribution in [1.29, 1.82) is 0 Å². The van der Waals surface area contributed by atoms with Crippen LogP contribution in [0.1, 0.15) is 22.7 Å². The van der Waals surface area contributed by atoms with Gasteiger partial charge < -0.3 is 9.84 Å². The Morgan fingerprint density at radius 3 is 2.48 bits per heavy atom. The molecule has 0 radical (unpaired) electrons. The van der Waals surface area contributed by atoms with E-state index in [2.05, 4.69) is 15.3 Å². The molecule has 0 saturated carbocycles. The lowest BCUT2D eigenvalue weighted by molar-refractivity contribution is -0.361. The summed E-state index contributed by atoms with van der Waals surface area (Å²) in [6.07, 6.45) is 3.55. The fourth-order valence-corrected chi connectivity index (χ4v) is 3.93. The number of phenolic OH excluding ortho intramolecular Hbond substituents is 1. The first-order valence-electron chi connectivity index (χ1n) is 10.8. The third-order valence-corrected chi connectivity index (χ3v) is 5.57. The van der Waals surface area contributed by atoms with Crippen LogP contribution < -0.4 is 15.0 Å². The highest BCUT2D eigenvalue weighted by Crippen LogP contribution is 2.39. The maximum absolute atomic E-state index is 11.2. The van der Waals surface area contributed by atoms with Crippen molar-refractivity contribution in [1.82, 2.24) is 4.98 Å². The van der Waals surface area contributed by atoms with Crippen LogP contribution in [0.5, 0.6) is 11.5 Å². The number of rotatable bonds is 7. The molecular weight excluding hydrogens is 410 g/mol. The smallest absolute Gasteiger partial charge is 0.272 e. The van der Waals surface area contributed by atoms with Gasteiger partial charge in [0.15, 0.2) is 6.04 Å². The molecule has 5 aromatic rings. The van der Waals surface area contributed by atoms with Crippen LogP contribution in [-0.2, 0) is 6.61 Å². The number of para-hydroxylation sites is 1. The third kappa shape index (κ3) is 4.48. The number of fused-ring (bicyclic) bond motifs is 1. The van der Waals surface area contributed by atoms with E-state index in [-0.39, 0.29) is 11.8 Å². The number of hydrogen-bond donors (Lipinski definition) is 2. The summed E-state index contributed by atoms with van der Waals surface area (Å²) in [5.41, 5.74) is 3.29. The Labute approximate surface area is 192 Å². The number of H-pyrrole nitrogens is 1. The van der Waals surface area contributed by atoms with Gasteiger partial charge in [-0.1, -0.05) is 66.7 Å². The molecular formula is C28H24N3O2+. The minimum Gasteiger partial charge on any atom is -0.505 e. The Morgan fingerprint density at radius 1 is 0.818 bits per heavy atom. The van der Waals surface area contributed by atoms with Gasteiger partial charge in [0.25, 0.3) is 5.82 Å². The van der Waals surface area contributed by atoms with Crippen molar-refractivity contribution in [2.45, 2.75) is 12.6 Å². The molecule has 0 saturated heterocycles. The summed E-state index contributed by atoms with van der Waals surface area (Å²) in [5.74, 6) is 1.72. The SMILES string of the molecule is Oc1c([C@H](Nc2cccc[nH+]2)c2ccccc2OCc2ccccc2)ccc2cccnc12. The highest BCUT2D eigenvalue weighted by molar-refractivity contribution is 5.86. The van der Waals surface area contributed by atoms with Crippen molar-refractivity contribution in [2.75, 3.05) is 5.32 Å². The maximum Gasteiger partial charge on any atom is 0.272 e. The Morgan fingerprint density at radius 2 is 1.64 bits per heavy atom. The molecule has 0 unspecified atom stereocenters. The fraction of sp³-hybridized carbons (Fsp3) is 0.0714. The number of nitrogens with one attached hydrogen (secondary N) is 2. The van der Waals surface area contributed by atoms with Crippen LogP contribution in [0.3, 0.4) is 0 Å². The average molecular weight is 435 g/mol. The summed E-state index contributed by atoms with van der Waals surface area (Å²) in [5, 5.41) is 15.6. The Hall–Kier alpha value is -4.38. The molecule has 5 heteroatoms. The summed E-state index contributed by atoms with van der Waals surface area (Å²) < 4.78 is 6.24. The lowest BCUT2D eigenvalue weighted by atomic mass is 9.95. The van der Waals surface area contributed by atoms with Crippen molar-refractivity contribution in [3.63, 3.8) is 0 Å². The highest BCUT2D eigenvalue weighted by atomic mass is 16.5. The largest absolute Gasteiger partial charge is 0.505 e. The predicted molar refractivity (Wildman–Crippen MR) is 129 cm³/mol. The second-order valence-corrected chi connectivity index (χ2v) is 7.74. The molecule has 0 aliphatic heterocycles. The van der Waals surface area contributed by atoms with E-state index in [0.717, 1.165) is 28.1 Å². The van der Waals surface area contributed by atoms with Gasteiger partial charge in [0, 0.05) is 28.8 Å². The summed E-state index contributed by atoms with van der Waals surface area (Å²) in [6.45, 7) is 0.452. The van der Waals surface area contributed by atoms with E-state index in [4.69, 9.17) is 4.74 Å². The number of benzene rings is 3. The number of anilines is 1. The first-order valence-corrected chi connectivity index (χ1v) is 10.8. The van der Waals surface area contributed by atoms with Crippen LogP contribution in [0, 0.1) is 0 Å². The molecule has 5 rings (SSSR count). The standard InChI is InChI=1S/C28H23N3O2/c32-28-23(16-15-21-11-8-18-30-26(21)28)27(31-25-14-6-7-17-29-25)22-12-4-5-13-24(22)33-19-20-9-2-1-3-10-20/h1-18,27,32H,19H2,(H,29,31)/p+1/t27-/m1/s1. The van der Waals surface area contributed by atoms with E-state index in [1.807, 2.05) is 103 Å². The zero-order valence-electron chi connectivity index (χ0n) is 18.0. The van der Waals surface area contributed by atoms with Crippen molar-refractivity contribution in [3.8, 4) is 11.5 Å². The van der Waals surface area contributed by atoms with E-state index >= 15 is 0 Å². The van der Waals surface area contributed by atoms with Gasteiger partial charge in [-0.05, 0) is 29.8 Å². The Kier molecular flexibility index (Phi) is 5.85. The van der Waals surface area contributed by atoms with Gasteiger partial charge in [-0.2, -0.15) is 0 Å². The molecule has 0 aliphatic rings. The molecule has 5 nitrogen and oxygen atoms in total. The zero-order valence-corrected chi connectivity index (χ0v) is 18.0. The Bertz CT molecular complexity index is 1360. The van der Waals surface area contributed by atoms with Crippen LogP contribution in [0.4, 0.5) is 5.82 Å². The minimum atomic E-state index is -0.373. The first-order chi connectivity index (χ1) is 16.3. The number of hydrogen-bond acceptors (Lipinski definition) is 4. The zero-order chi connectivity index (χ0) is 22.5. The number of aromatic hydroxyl groups is 1. The second-order valence-electron chi connectivity index (χ2n) is 7.74. The van der Waals surface area contributed by atoms with Crippen LogP contribution >= 0.6 is 0 Å². The molecule has 0 spiro atoms. The molecule has 0 aliphatic carbocycles. The van der Waals surface area contributed by atoms with Gasteiger partial charge in [0.05, 0.1) is 6.20 Å². The molecule has 1 atom stereocenters. The number of ether oxygens (including phenoxy) is 1.